The Morgan fingerprint density at radius 1 is 0.897 bits per heavy atom. The Morgan fingerprint density at radius 2 is 1.56 bits per heavy atom. The van der Waals surface area contributed by atoms with Crippen LogP contribution in [0.25, 0.3) is 5.76 Å². The molecule has 1 N–H and O–H groups in total. The van der Waals surface area contributed by atoms with E-state index in [9.17, 15) is 14.7 Å². The van der Waals surface area contributed by atoms with Gasteiger partial charge in [0.1, 0.15) is 23.9 Å². The number of ether oxygens (including phenoxy) is 3. The number of carbonyl (C=O) groups is 2. The summed E-state index contributed by atoms with van der Waals surface area (Å²) in [6, 6.07) is 21.5. The van der Waals surface area contributed by atoms with Gasteiger partial charge in [-0.2, -0.15) is 0 Å². The Labute approximate surface area is 229 Å². The van der Waals surface area contributed by atoms with Gasteiger partial charge in [-0.3, -0.25) is 9.59 Å². The van der Waals surface area contributed by atoms with Crippen molar-refractivity contribution in [2.45, 2.75) is 39.3 Å². The predicted molar refractivity (Wildman–Crippen MR) is 150 cm³/mol. The number of nitrogens with zero attached hydrogens (tertiary/aromatic N) is 1. The number of Topliss-reactive ketones (excluding diaryl/α,β-unsaturated/α-hetero) is 1. The average Bonchev–Trinajstić information content (AvgIpc) is 3.21. The fraction of sp³-hybridized carbons (Fsp3) is 0.312. The van der Waals surface area contributed by atoms with E-state index < -0.39 is 17.7 Å². The van der Waals surface area contributed by atoms with E-state index in [0.29, 0.717) is 49.8 Å². The second-order valence-corrected chi connectivity index (χ2v) is 9.50. The van der Waals surface area contributed by atoms with Crippen LogP contribution < -0.4 is 9.47 Å². The molecule has 0 saturated carbocycles. The number of likely N-dealkylation sites (tertiary alicyclic amines) is 1. The van der Waals surface area contributed by atoms with E-state index in [0.717, 1.165) is 23.1 Å². The molecule has 3 aromatic rings. The molecule has 7 nitrogen and oxygen atoms in total. The van der Waals surface area contributed by atoms with Crippen LogP contribution in [-0.2, 0) is 20.9 Å². The number of aryl methyl sites for hydroxylation is 1. The van der Waals surface area contributed by atoms with Gasteiger partial charge in [0.2, 0.25) is 0 Å². The van der Waals surface area contributed by atoms with Crippen LogP contribution in [-0.4, -0.2) is 48.6 Å². The third-order valence-electron chi connectivity index (χ3n) is 6.74. The Morgan fingerprint density at radius 3 is 2.23 bits per heavy atom. The molecule has 0 aliphatic carbocycles. The predicted octanol–water partition coefficient (Wildman–Crippen LogP) is 5.82. The maximum absolute atomic E-state index is 13.2. The summed E-state index contributed by atoms with van der Waals surface area (Å²) in [4.78, 5) is 27.8. The van der Waals surface area contributed by atoms with Crippen molar-refractivity contribution in [2.24, 2.45) is 0 Å². The number of carbonyl (C=O) groups excluding carboxylic acids is 2. The van der Waals surface area contributed by atoms with Crippen molar-refractivity contribution in [1.29, 1.82) is 0 Å². The lowest BCUT2D eigenvalue weighted by molar-refractivity contribution is -0.140. The zero-order chi connectivity index (χ0) is 27.8. The standard InChI is InChI=1S/C32H35NO6/c1-4-19-38-26-14-10-23(11-15-26)29-28(31(35)32(36)33(29)18-7-20-37-3)30(34)24-12-16-27(17-13-24)39-21-25-9-6-5-8-22(25)2/h5-6,8-17,29,34H,4,7,18-21H2,1-3H3. The van der Waals surface area contributed by atoms with Crippen molar-refractivity contribution in [2.75, 3.05) is 26.9 Å². The van der Waals surface area contributed by atoms with Gasteiger partial charge in [0.25, 0.3) is 11.7 Å². The van der Waals surface area contributed by atoms with Gasteiger partial charge in [-0.25, -0.2) is 0 Å². The molecule has 1 atom stereocenters. The summed E-state index contributed by atoms with van der Waals surface area (Å²) >= 11 is 0. The number of benzene rings is 3. The van der Waals surface area contributed by atoms with Crippen molar-refractivity contribution in [3.8, 4) is 11.5 Å². The largest absolute Gasteiger partial charge is 0.507 e. The van der Waals surface area contributed by atoms with Gasteiger partial charge >= 0.3 is 0 Å². The van der Waals surface area contributed by atoms with Crippen molar-refractivity contribution in [3.05, 3.63) is 101 Å². The monoisotopic (exact) mass is 529 g/mol. The first kappa shape index (κ1) is 27.9. The lowest BCUT2D eigenvalue weighted by Gasteiger charge is -2.25. The van der Waals surface area contributed by atoms with Crippen LogP contribution in [0.1, 0.15) is 48.1 Å². The smallest absolute Gasteiger partial charge is 0.295 e. The van der Waals surface area contributed by atoms with Crippen LogP contribution in [0.2, 0.25) is 0 Å². The minimum atomic E-state index is -0.723. The second-order valence-electron chi connectivity index (χ2n) is 9.50. The highest BCUT2D eigenvalue weighted by Gasteiger charge is 2.45. The number of hydrogen-bond acceptors (Lipinski definition) is 6. The summed E-state index contributed by atoms with van der Waals surface area (Å²) in [6.07, 6.45) is 1.45. The van der Waals surface area contributed by atoms with Crippen LogP contribution in [0, 0.1) is 6.92 Å². The number of ketones is 1. The summed E-state index contributed by atoms with van der Waals surface area (Å²) in [5, 5.41) is 11.3. The van der Waals surface area contributed by atoms with Crippen LogP contribution in [0.5, 0.6) is 11.5 Å². The molecule has 3 aromatic carbocycles. The molecule has 7 heteroatoms. The van der Waals surface area contributed by atoms with Crippen molar-refractivity contribution < 1.29 is 28.9 Å². The fourth-order valence-corrected chi connectivity index (χ4v) is 4.60. The maximum Gasteiger partial charge on any atom is 0.295 e. The van der Waals surface area contributed by atoms with E-state index in [-0.39, 0.29) is 11.3 Å². The minimum absolute atomic E-state index is 0.0632. The highest BCUT2D eigenvalue weighted by molar-refractivity contribution is 6.46. The Balaban J connectivity index is 1.62. The first-order valence-corrected chi connectivity index (χ1v) is 13.2. The van der Waals surface area contributed by atoms with Gasteiger partial charge in [-0.15, -0.1) is 0 Å². The number of hydrogen-bond donors (Lipinski definition) is 1. The molecule has 1 fully saturated rings. The first-order chi connectivity index (χ1) is 18.9. The highest BCUT2D eigenvalue weighted by Crippen LogP contribution is 2.40. The SMILES string of the molecule is CCCOc1ccc(C2C(=C(O)c3ccc(OCc4ccccc4C)cc3)C(=O)C(=O)N2CCCOC)cc1. The number of methoxy groups -OCH3 is 1. The number of rotatable bonds is 12. The third kappa shape index (κ3) is 6.49. The van der Waals surface area contributed by atoms with Crippen molar-refractivity contribution >= 4 is 17.4 Å². The highest BCUT2D eigenvalue weighted by atomic mass is 16.5. The van der Waals surface area contributed by atoms with Gasteiger partial charge in [0.05, 0.1) is 18.2 Å². The lowest BCUT2D eigenvalue weighted by Crippen LogP contribution is -2.31. The molecule has 1 aliphatic rings. The molecule has 0 radical (unpaired) electrons. The van der Waals surface area contributed by atoms with E-state index >= 15 is 0 Å². The Hall–Kier alpha value is -4.10. The lowest BCUT2D eigenvalue weighted by atomic mass is 9.95. The van der Waals surface area contributed by atoms with E-state index in [2.05, 4.69) is 0 Å². The van der Waals surface area contributed by atoms with Crippen LogP contribution in [0.4, 0.5) is 0 Å². The van der Waals surface area contributed by atoms with Gasteiger partial charge < -0.3 is 24.2 Å². The van der Waals surface area contributed by atoms with E-state index in [1.807, 2.05) is 62.4 Å². The summed E-state index contributed by atoms with van der Waals surface area (Å²) in [5.74, 6) is -0.222. The van der Waals surface area contributed by atoms with Gasteiger partial charge in [0.15, 0.2) is 0 Å². The zero-order valence-corrected chi connectivity index (χ0v) is 22.7. The first-order valence-electron chi connectivity index (χ1n) is 13.2. The molecule has 1 unspecified atom stereocenters. The summed E-state index contributed by atoms with van der Waals surface area (Å²) in [7, 11) is 1.59. The van der Waals surface area contributed by atoms with Crippen molar-refractivity contribution in [3.63, 3.8) is 0 Å². The number of amides is 1. The maximum atomic E-state index is 13.2. The quantitative estimate of drug-likeness (QED) is 0.138. The topological polar surface area (TPSA) is 85.3 Å². The van der Waals surface area contributed by atoms with Gasteiger partial charge in [-0.05, 0) is 72.9 Å². The molecule has 0 aromatic heterocycles. The number of aliphatic hydroxyl groups excluding tert-OH is 1. The molecular weight excluding hydrogens is 494 g/mol. The third-order valence-corrected chi connectivity index (χ3v) is 6.74. The summed E-state index contributed by atoms with van der Waals surface area (Å²) in [6.45, 7) is 5.85. The minimum Gasteiger partial charge on any atom is -0.507 e. The second kappa shape index (κ2) is 13.1. The van der Waals surface area contributed by atoms with Gasteiger partial charge in [-0.1, -0.05) is 43.3 Å². The van der Waals surface area contributed by atoms with Crippen LogP contribution in [0.15, 0.2) is 78.4 Å². The van der Waals surface area contributed by atoms with Gasteiger partial charge in [0, 0.05) is 25.8 Å². The van der Waals surface area contributed by atoms with Crippen molar-refractivity contribution in [1.82, 2.24) is 4.90 Å². The Bertz CT molecular complexity index is 1310. The van der Waals surface area contributed by atoms with E-state index in [1.165, 1.54) is 4.90 Å². The van der Waals surface area contributed by atoms with Crippen LogP contribution >= 0.6 is 0 Å². The molecule has 0 spiro atoms. The normalized spacial score (nSPS) is 16.5. The molecule has 1 heterocycles. The molecule has 204 valence electrons. The van der Waals surface area contributed by atoms with Crippen LogP contribution in [0.3, 0.4) is 0 Å². The summed E-state index contributed by atoms with van der Waals surface area (Å²) < 4.78 is 16.8. The molecule has 1 saturated heterocycles. The number of aliphatic hydroxyl groups is 1. The summed E-state index contributed by atoms with van der Waals surface area (Å²) in [5.41, 5.74) is 3.44. The zero-order valence-electron chi connectivity index (χ0n) is 22.7. The molecule has 0 bridgehead atoms. The molecule has 1 amide bonds. The van der Waals surface area contributed by atoms with E-state index in [1.54, 1.807) is 31.4 Å². The fourth-order valence-electron chi connectivity index (χ4n) is 4.60. The molecule has 1 aliphatic heterocycles. The van der Waals surface area contributed by atoms with E-state index in [4.69, 9.17) is 14.2 Å². The molecule has 4 rings (SSSR count). The Kier molecular flexibility index (Phi) is 9.39. The molecule has 39 heavy (non-hydrogen) atoms. The average molecular weight is 530 g/mol. The molecular formula is C32H35NO6.